The maximum absolute atomic E-state index is 13.6. The van der Waals surface area contributed by atoms with Gasteiger partial charge in [-0.25, -0.2) is 13.4 Å². The van der Waals surface area contributed by atoms with Crippen molar-refractivity contribution in [2.75, 3.05) is 5.32 Å². The molecule has 7 nitrogen and oxygen atoms in total. The molecule has 9 heteroatoms. The number of hydrogen-bond donors (Lipinski definition) is 1. The van der Waals surface area contributed by atoms with Crippen LogP contribution in [0.15, 0.2) is 76.7 Å². The second-order valence-corrected chi connectivity index (χ2v) is 10.1. The fraction of sp³-hybridized carbons (Fsp3) is 0.125. The van der Waals surface area contributed by atoms with Gasteiger partial charge in [0.05, 0.1) is 10.4 Å². The Morgan fingerprint density at radius 2 is 1.76 bits per heavy atom. The highest BCUT2D eigenvalue weighted by Crippen LogP contribution is 2.29. The molecule has 5 rings (SSSR count). The van der Waals surface area contributed by atoms with Crippen LogP contribution < -0.4 is 5.32 Å². The van der Waals surface area contributed by atoms with E-state index < -0.39 is 9.84 Å². The monoisotopic (exact) mass is 477 g/mol. The summed E-state index contributed by atoms with van der Waals surface area (Å²) in [5.41, 5.74) is 3.38. The van der Waals surface area contributed by atoms with Crippen LogP contribution in [0.5, 0.6) is 0 Å². The van der Waals surface area contributed by atoms with Crippen LogP contribution in [0.2, 0.25) is 5.02 Å². The van der Waals surface area contributed by atoms with E-state index in [0.717, 1.165) is 16.5 Å². The first-order valence-electron chi connectivity index (χ1n) is 10.3. The number of rotatable bonds is 5. The lowest BCUT2D eigenvalue weighted by Crippen LogP contribution is -2.08. The Kier molecular flexibility index (Phi) is 5.26. The number of anilines is 1. The van der Waals surface area contributed by atoms with Crippen LogP contribution in [0.3, 0.4) is 0 Å². The number of fused-ring (bicyclic) bond motifs is 3. The fourth-order valence-electron chi connectivity index (χ4n) is 3.74. The van der Waals surface area contributed by atoms with Crippen molar-refractivity contribution in [2.24, 2.45) is 0 Å². The van der Waals surface area contributed by atoms with E-state index in [4.69, 9.17) is 11.6 Å². The second-order valence-electron chi connectivity index (χ2n) is 7.86. The molecule has 2 heterocycles. The Morgan fingerprint density at radius 1 is 1.00 bits per heavy atom. The van der Waals surface area contributed by atoms with Crippen LogP contribution in [0.25, 0.3) is 16.6 Å². The van der Waals surface area contributed by atoms with Gasteiger partial charge in [0.1, 0.15) is 5.82 Å². The van der Waals surface area contributed by atoms with Crippen molar-refractivity contribution < 1.29 is 8.42 Å². The Hall–Kier alpha value is -3.49. The van der Waals surface area contributed by atoms with E-state index in [1.165, 1.54) is 4.52 Å². The molecule has 0 fully saturated rings. The summed E-state index contributed by atoms with van der Waals surface area (Å²) < 4.78 is 28.6. The van der Waals surface area contributed by atoms with Gasteiger partial charge in [0, 0.05) is 17.0 Å². The molecule has 0 unspecified atom stereocenters. The molecular weight excluding hydrogens is 458 g/mol. The van der Waals surface area contributed by atoms with E-state index in [1.807, 2.05) is 61.5 Å². The third kappa shape index (κ3) is 3.81. The normalized spacial score (nSPS) is 11.8. The molecule has 0 aliphatic carbocycles. The van der Waals surface area contributed by atoms with Crippen molar-refractivity contribution in [3.63, 3.8) is 0 Å². The smallest absolute Gasteiger partial charge is 0.229 e. The number of nitrogens with one attached hydrogen (secondary N) is 1. The topological polar surface area (TPSA) is 89.2 Å². The zero-order chi connectivity index (χ0) is 23.2. The first kappa shape index (κ1) is 21.4. The Morgan fingerprint density at radius 3 is 2.55 bits per heavy atom. The SMILES string of the molecule is Cc1ccc(C)c(S(=O)(=O)c2nnn3c2nc(NCc2ccc(Cl)cc2)c2ccccc23)c1. The van der Waals surface area contributed by atoms with Crippen LogP contribution in [0, 0.1) is 13.8 Å². The molecular formula is C24H20ClN5O2S. The molecule has 0 amide bonds. The molecule has 0 aliphatic rings. The van der Waals surface area contributed by atoms with Crippen molar-refractivity contribution in [1.29, 1.82) is 0 Å². The molecule has 166 valence electrons. The first-order valence-corrected chi connectivity index (χ1v) is 12.2. The standard InChI is InChI=1S/C24H20ClN5O2S/c1-15-7-8-16(2)21(13-15)33(31,32)24-23-27-22(26-14-17-9-11-18(25)12-10-17)19-5-3-4-6-20(19)30(23)29-28-24/h3-13H,14H2,1-2H3,(H,26,27). The van der Waals surface area contributed by atoms with Gasteiger partial charge >= 0.3 is 0 Å². The van der Waals surface area contributed by atoms with E-state index in [0.29, 0.717) is 28.5 Å². The molecule has 0 saturated carbocycles. The maximum atomic E-state index is 13.6. The number of hydrogen-bond acceptors (Lipinski definition) is 6. The largest absolute Gasteiger partial charge is 0.365 e. The lowest BCUT2D eigenvalue weighted by atomic mass is 10.2. The van der Waals surface area contributed by atoms with Gasteiger partial charge in [-0.15, -0.1) is 5.10 Å². The minimum atomic E-state index is -3.93. The quantitative estimate of drug-likeness (QED) is 0.383. The average molecular weight is 478 g/mol. The van der Waals surface area contributed by atoms with Crippen LogP contribution >= 0.6 is 11.6 Å². The lowest BCUT2D eigenvalue weighted by molar-refractivity contribution is 0.592. The van der Waals surface area contributed by atoms with Gasteiger partial charge in [0.25, 0.3) is 0 Å². The lowest BCUT2D eigenvalue weighted by Gasteiger charge is -2.11. The van der Waals surface area contributed by atoms with Crippen LogP contribution in [-0.4, -0.2) is 28.2 Å². The molecule has 1 N–H and O–H groups in total. The van der Waals surface area contributed by atoms with Crippen LogP contribution in [0.1, 0.15) is 16.7 Å². The number of aromatic nitrogens is 4. The predicted molar refractivity (Wildman–Crippen MR) is 128 cm³/mol. The third-order valence-corrected chi connectivity index (χ3v) is 7.53. The summed E-state index contributed by atoms with van der Waals surface area (Å²) in [6, 6.07) is 20.3. The Balaban J connectivity index is 1.66. The molecule has 0 bridgehead atoms. The van der Waals surface area contributed by atoms with Crippen molar-refractivity contribution in [2.45, 2.75) is 30.3 Å². The van der Waals surface area contributed by atoms with E-state index in [1.54, 1.807) is 19.1 Å². The zero-order valence-electron chi connectivity index (χ0n) is 17.9. The highest BCUT2D eigenvalue weighted by atomic mass is 35.5. The molecule has 33 heavy (non-hydrogen) atoms. The Labute approximate surface area is 196 Å². The van der Waals surface area contributed by atoms with Crippen molar-refractivity contribution >= 4 is 43.8 Å². The highest BCUT2D eigenvalue weighted by molar-refractivity contribution is 7.91. The summed E-state index contributed by atoms with van der Waals surface area (Å²) in [7, 11) is -3.93. The summed E-state index contributed by atoms with van der Waals surface area (Å²) in [5, 5.41) is 12.8. The molecule has 3 aromatic carbocycles. The van der Waals surface area contributed by atoms with Gasteiger partial charge in [0.15, 0.2) is 5.65 Å². The van der Waals surface area contributed by atoms with Gasteiger partial charge in [-0.2, -0.15) is 4.52 Å². The number of nitrogens with zero attached hydrogens (tertiary/aromatic N) is 4. The van der Waals surface area contributed by atoms with Crippen LogP contribution in [0.4, 0.5) is 5.82 Å². The molecule has 0 spiro atoms. The molecule has 2 aromatic heterocycles. The van der Waals surface area contributed by atoms with E-state index >= 15 is 0 Å². The minimum Gasteiger partial charge on any atom is -0.365 e. The minimum absolute atomic E-state index is 0.170. The average Bonchev–Trinajstić information content (AvgIpc) is 3.25. The summed E-state index contributed by atoms with van der Waals surface area (Å²) in [5.74, 6) is 0.549. The van der Waals surface area contributed by atoms with Gasteiger partial charge in [0.2, 0.25) is 14.9 Å². The van der Waals surface area contributed by atoms with Gasteiger partial charge in [-0.05, 0) is 60.9 Å². The number of sulfone groups is 1. The number of benzene rings is 3. The first-order chi connectivity index (χ1) is 15.8. The van der Waals surface area contributed by atoms with E-state index in [2.05, 4.69) is 20.6 Å². The van der Waals surface area contributed by atoms with E-state index in [9.17, 15) is 8.42 Å². The summed E-state index contributed by atoms with van der Waals surface area (Å²) in [4.78, 5) is 4.87. The van der Waals surface area contributed by atoms with Gasteiger partial charge < -0.3 is 5.32 Å². The molecule has 0 radical (unpaired) electrons. The van der Waals surface area contributed by atoms with Crippen molar-refractivity contribution in [3.05, 3.63) is 88.4 Å². The van der Waals surface area contributed by atoms with Crippen molar-refractivity contribution in [1.82, 2.24) is 19.8 Å². The molecule has 0 saturated heterocycles. The predicted octanol–water partition coefficient (Wildman–Crippen LogP) is 4.99. The highest BCUT2D eigenvalue weighted by Gasteiger charge is 2.28. The Bertz CT molecular complexity index is 1610. The molecule has 0 atom stereocenters. The summed E-state index contributed by atoms with van der Waals surface area (Å²) in [6.07, 6.45) is 0. The van der Waals surface area contributed by atoms with E-state index in [-0.39, 0.29) is 15.6 Å². The number of aryl methyl sites for hydroxylation is 2. The molecule has 0 aliphatic heterocycles. The van der Waals surface area contributed by atoms with Crippen LogP contribution in [-0.2, 0) is 16.4 Å². The number of para-hydroxylation sites is 1. The molecule has 5 aromatic rings. The van der Waals surface area contributed by atoms with Gasteiger partial charge in [-0.3, -0.25) is 0 Å². The maximum Gasteiger partial charge on any atom is 0.229 e. The summed E-state index contributed by atoms with van der Waals surface area (Å²) in [6.45, 7) is 4.11. The zero-order valence-corrected chi connectivity index (χ0v) is 19.5. The van der Waals surface area contributed by atoms with Gasteiger partial charge in [-0.1, -0.05) is 53.2 Å². The third-order valence-electron chi connectivity index (χ3n) is 5.48. The number of halogens is 1. The second kappa shape index (κ2) is 8.13. The van der Waals surface area contributed by atoms with Crippen molar-refractivity contribution in [3.8, 4) is 0 Å². The summed E-state index contributed by atoms with van der Waals surface area (Å²) >= 11 is 5.98. The fourth-order valence-corrected chi connectivity index (χ4v) is 5.43.